The summed E-state index contributed by atoms with van der Waals surface area (Å²) in [6, 6.07) is 14.3. The van der Waals surface area contributed by atoms with Crippen LogP contribution in [0.1, 0.15) is 34.0 Å². The Labute approximate surface area is 180 Å². The van der Waals surface area contributed by atoms with Crippen LogP contribution in [-0.2, 0) is 0 Å². The first-order valence-electron chi connectivity index (χ1n) is 9.76. The minimum absolute atomic E-state index is 0.184. The third-order valence-corrected chi connectivity index (χ3v) is 5.59. The predicted molar refractivity (Wildman–Crippen MR) is 119 cm³/mol. The summed E-state index contributed by atoms with van der Waals surface area (Å²) in [4.78, 5) is 14.7. The third kappa shape index (κ3) is 5.20. The van der Waals surface area contributed by atoms with E-state index < -0.39 is 0 Å². The molecule has 2 aromatic carbocycles. The van der Waals surface area contributed by atoms with Gasteiger partial charge < -0.3 is 19.7 Å². The maximum Gasteiger partial charge on any atom is 0.252 e. The SMILES string of the molecule is CCSC(c1nnc(-c2ccccc2C(=O)NCCN(C)C)o1)c1ccccc1O. The van der Waals surface area contributed by atoms with Gasteiger partial charge in [-0.2, -0.15) is 0 Å². The molecule has 3 rings (SSSR count). The second-order valence-electron chi connectivity index (χ2n) is 6.94. The van der Waals surface area contributed by atoms with Crippen LogP contribution in [0, 0.1) is 0 Å². The quantitative estimate of drug-likeness (QED) is 0.540. The second kappa shape index (κ2) is 10.3. The summed E-state index contributed by atoms with van der Waals surface area (Å²) in [7, 11) is 3.91. The largest absolute Gasteiger partial charge is 0.508 e. The van der Waals surface area contributed by atoms with Crippen LogP contribution in [-0.4, -0.2) is 59.0 Å². The molecule has 0 bridgehead atoms. The molecule has 1 atom stereocenters. The highest BCUT2D eigenvalue weighted by atomic mass is 32.2. The number of carbonyl (C=O) groups excluding carboxylic acids is 1. The number of hydrogen-bond donors (Lipinski definition) is 2. The average molecular weight is 427 g/mol. The Morgan fingerprint density at radius 1 is 1.17 bits per heavy atom. The van der Waals surface area contributed by atoms with E-state index in [2.05, 4.69) is 15.5 Å². The fraction of sp³-hybridized carbons (Fsp3) is 0.318. The highest BCUT2D eigenvalue weighted by Gasteiger charge is 2.25. The van der Waals surface area contributed by atoms with Gasteiger partial charge in [0.05, 0.1) is 11.1 Å². The number of aromatic hydroxyl groups is 1. The number of nitrogens with zero attached hydrogens (tertiary/aromatic N) is 3. The van der Waals surface area contributed by atoms with E-state index in [0.717, 1.165) is 12.3 Å². The molecule has 1 unspecified atom stereocenters. The molecule has 0 aliphatic carbocycles. The summed E-state index contributed by atoms with van der Waals surface area (Å²) in [6.45, 7) is 3.31. The molecule has 2 N–H and O–H groups in total. The van der Waals surface area contributed by atoms with Crippen molar-refractivity contribution < 1.29 is 14.3 Å². The Kier molecular flexibility index (Phi) is 7.48. The fourth-order valence-electron chi connectivity index (χ4n) is 2.98. The molecule has 0 spiro atoms. The molecule has 158 valence electrons. The predicted octanol–water partition coefficient (Wildman–Crippen LogP) is 3.58. The van der Waals surface area contributed by atoms with E-state index in [9.17, 15) is 9.90 Å². The summed E-state index contributed by atoms with van der Waals surface area (Å²) in [5.74, 6) is 1.47. The molecule has 0 aliphatic heterocycles. The average Bonchev–Trinajstić information content (AvgIpc) is 3.22. The normalized spacial score (nSPS) is 12.1. The summed E-state index contributed by atoms with van der Waals surface area (Å²) in [6.07, 6.45) is 0. The fourth-order valence-corrected chi connectivity index (χ4v) is 3.93. The maximum absolute atomic E-state index is 12.7. The highest BCUT2D eigenvalue weighted by Crippen LogP contribution is 2.39. The van der Waals surface area contributed by atoms with Gasteiger partial charge in [0.1, 0.15) is 11.0 Å². The van der Waals surface area contributed by atoms with Gasteiger partial charge in [0.15, 0.2) is 0 Å². The summed E-state index contributed by atoms with van der Waals surface area (Å²) in [5, 5.41) is 21.3. The molecule has 0 saturated carbocycles. The molecule has 0 radical (unpaired) electrons. The van der Waals surface area contributed by atoms with Gasteiger partial charge >= 0.3 is 0 Å². The zero-order valence-electron chi connectivity index (χ0n) is 17.3. The number of para-hydroxylation sites is 1. The second-order valence-corrected chi connectivity index (χ2v) is 8.33. The van der Waals surface area contributed by atoms with Gasteiger partial charge in [-0.25, -0.2) is 0 Å². The van der Waals surface area contributed by atoms with Crippen molar-refractivity contribution in [3.63, 3.8) is 0 Å². The minimum Gasteiger partial charge on any atom is -0.508 e. The van der Waals surface area contributed by atoms with Crippen molar-refractivity contribution in [3.05, 3.63) is 65.5 Å². The topological polar surface area (TPSA) is 91.5 Å². The van der Waals surface area contributed by atoms with Crippen LogP contribution >= 0.6 is 11.8 Å². The molecule has 3 aromatic rings. The number of rotatable bonds is 9. The smallest absolute Gasteiger partial charge is 0.252 e. The summed E-state index contributed by atoms with van der Waals surface area (Å²) < 4.78 is 5.98. The molecule has 1 aromatic heterocycles. The minimum atomic E-state index is -0.293. The lowest BCUT2D eigenvalue weighted by atomic mass is 10.1. The number of thioether (sulfide) groups is 1. The number of phenolic OH excluding ortho intramolecular Hbond substituents is 1. The Balaban J connectivity index is 1.89. The van der Waals surface area contributed by atoms with Gasteiger partial charge in [-0.05, 0) is 38.0 Å². The van der Waals surface area contributed by atoms with Crippen molar-refractivity contribution in [2.75, 3.05) is 32.9 Å². The number of aromatic nitrogens is 2. The van der Waals surface area contributed by atoms with Gasteiger partial charge in [0, 0.05) is 18.7 Å². The maximum atomic E-state index is 12.7. The monoisotopic (exact) mass is 426 g/mol. The van der Waals surface area contributed by atoms with Crippen molar-refractivity contribution in [2.24, 2.45) is 0 Å². The molecule has 30 heavy (non-hydrogen) atoms. The van der Waals surface area contributed by atoms with Crippen LogP contribution in [0.4, 0.5) is 0 Å². The van der Waals surface area contributed by atoms with Crippen LogP contribution in [0.15, 0.2) is 52.9 Å². The molecule has 0 aliphatic rings. The Morgan fingerprint density at radius 2 is 1.90 bits per heavy atom. The zero-order valence-corrected chi connectivity index (χ0v) is 18.1. The van der Waals surface area contributed by atoms with Crippen molar-refractivity contribution in [2.45, 2.75) is 12.2 Å². The van der Waals surface area contributed by atoms with E-state index in [0.29, 0.717) is 29.1 Å². The third-order valence-electron chi connectivity index (χ3n) is 4.46. The first-order chi connectivity index (χ1) is 14.5. The van der Waals surface area contributed by atoms with Crippen molar-refractivity contribution >= 4 is 17.7 Å². The zero-order chi connectivity index (χ0) is 21.5. The summed E-state index contributed by atoms with van der Waals surface area (Å²) >= 11 is 1.59. The van der Waals surface area contributed by atoms with Gasteiger partial charge in [-0.1, -0.05) is 37.3 Å². The van der Waals surface area contributed by atoms with E-state index >= 15 is 0 Å². The Bertz CT molecular complexity index is 990. The highest BCUT2D eigenvalue weighted by molar-refractivity contribution is 7.99. The Morgan fingerprint density at radius 3 is 2.63 bits per heavy atom. The van der Waals surface area contributed by atoms with Gasteiger partial charge in [-0.15, -0.1) is 22.0 Å². The van der Waals surface area contributed by atoms with Crippen molar-refractivity contribution in [3.8, 4) is 17.2 Å². The van der Waals surface area contributed by atoms with Crippen molar-refractivity contribution in [1.29, 1.82) is 0 Å². The van der Waals surface area contributed by atoms with Crippen molar-refractivity contribution in [1.82, 2.24) is 20.4 Å². The number of hydrogen-bond acceptors (Lipinski definition) is 7. The summed E-state index contributed by atoms with van der Waals surface area (Å²) in [5.41, 5.74) is 1.78. The lowest BCUT2D eigenvalue weighted by Crippen LogP contribution is -2.31. The lowest BCUT2D eigenvalue weighted by Gasteiger charge is -2.13. The van der Waals surface area contributed by atoms with Crippen LogP contribution in [0.5, 0.6) is 5.75 Å². The van der Waals surface area contributed by atoms with E-state index in [1.807, 2.05) is 44.1 Å². The number of amides is 1. The van der Waals surface area contributed by atoms with E-state index in [4.69, 9.17) is 4.42 Å². The van der Waals surface area contributed by atoms with Gasteiger partial charge in [0.2, 0.25) is 11.8 Å². The number of likely N-dealkylation sites (N-methyl/N-ethyl adjacent to an activating group) is 1. The molecule has 8 heteroatoms. The van der Waals surface area contributed by atoms with Gasteiger partial charge in [0.25, 0.3) is 5.91 Å². The number of phenols is 1. The molecule has 0 fully saturated rings. The molecule has 0 saturated heterocycles. The lowest BCUT2D eigenvalue weighted by molar-refractivity contribution is 0.0951. The van der Waals surface area contributed by atoms with E-state index in [1.165, 1.54) is 0 Å². The Hall–Kier alpha value is -2.84. The van der Waals surface area contributed by atoms with E-state index in [1.54, 1.807) is 42.1 Å². The van der Waals surface area contributed by atoms with E-state index in [-0.39, 0.29) is 22.8 Å². The first kappa shape index (κ1) is 21.9. The number of benzene rings is 2. The standard InChI is InChI=1S/C22H26N4O3S/c1-4-30-19(17-11-7-8-12-18(17)27)22-25-24-21(29-22)16-10-6-5-9-15(16)20(28)23-13-14-26(2)3/h5-12,19,27H,4,13-14H2,1-3H3,(H,23,28). The van der Waals surface area contributed by atoms with Gasteiger partial charge in [-0.3, -0.25) is 4.79 Å². The molecule has 1 heterocycles. The molecule has 1 amide bonds. The molecular weight excluding hydrogens is 400 g/mol. The molecular formula is C22H26N4O3S. The number of nitrogens with one attached hydrogen (secondary N) is 1. The van der Waals surface area contributed by atoms with Crippen LogP contribution in [0.3, 0.4) is 0 Å². The first-order valence-corrected chi connectivity index (χ1v) is 10.8. The molecule has 7 nitrogen and oxygen atoms in total. The number of carbonyl (C=O) groups is 1. The van der Waals surface area contributed by atoms with Crippen LogP contribution in [0.2, 0.25) is 0 Å². The van der Waals surface area contributed by atoms with Crippen LogP contribution < -0.4 is 5.32 Å². The van der Waals surface area contributed by atoms with Crippen LogP contribution in [0.25, 0.3) is 11.5 Å².